The zero-order chi connectivity index (χ0) is 29.0. The predicted octanol–water partition coefficient (Wildman–Crippen LogP) is 9.96. The first-order valence-corrected chi connectivity index (χ1v) is 15.4. The van der Waals surface area contributed by atoms with Crippen LogP contribution in [0.3, 0.4) is 0 Å². The van der Waals surface area contributed by atoms with Crippen molar-refractivity contribution in [3.63, 3.8) is 0 Å². The Bertz CT molecular complexity index is 2410. The lowest BCUT2D eigenvalue weighted by Crippen LogP contribution is -2.29. The van der Waals surface area contributed by atoms with Crippen molar-refractivity contribution in [3.05, 3.63) is 118 Å². The van der Waals surface area contributed by atoms with Crippen molar-refractivity contribution in [1.29, 1.82) is 0 Å². The largest absolute Gasteiger partial charge is 0.271 e. The van der Waals surface area contributed by atoms with E-state index in [0.717, 1.165) is 63.1 Å². The standard InChI is InChI=1S/C40H29NO2/c1-3-11-25(4-2)41-39(42)37-30-20-28(22-12-7-5-8-13-22)26-18-16-24-17-19-27-29(23-14-9-6-10-15-23)21-31(38(37)40(41)43)36-34(27)32(24)33(26)35(30)36/h5-10,12-21,25H,3-4,11H2,1-2H3. The van der Waals surface area contributed by atoms with E-state index in [4.69, 9.17) is 0 Å². The van der Waals surface area contributed by atoms with Crippen LogP contribution >= 0.6 is 0 Å². The minimum atomic E-state index is -0.148. The van der Waals surface area contributed by atoms with E-state index in [-0.39, 0.29) is 17.2 Å². The molecule has 0 bridgehead atoms. The van der Waals surface area contributed by atoms with E-state index >= 15 is 0 Å². The maximum Gasteiger partial charge on any atom is 0.262 e. The molecule has 0 N–H and O–H groups in total. The second kappa shape index (κ2) is 8.75. The van der Waals surface area contributed by atoms with Gasteiger partial charge in [-0.15, -0.1) is 0 Å². The molecule has 0 amide bonds. The van der Waals surface area contributed by atoms with Crippen molar-refractivity contribution in [1.82, 2.24) is 4.57 Å². The summed E-state index contributed by atoms with van der Waals surface area (Å²) in [7, 11) is 0. The number of benzene rings is 7. The van der Waals surface area contributed by atoms with E-state index in [9.17, 15) is 9.59 Å². The third kappa shape index (κ3) is 3.04. The van der Waals surface area contributed by atoms with Gasteiger partial charge < -0.3 is 0 Å². The first kappa shape index (κ1) is 24.6. The number of aromatic nitrogens is 1. The van der Waals surface area contributed by atoms with Crippen molar-refractivity contribution < 1.29 is 0 Å². The average Bonchev–Trinajstić information content (AvgIpc) is 3.55. The topological polar surface area (TPSA) is 39.1 Å². The molecule has 0 aliphatic heterocycles. The highest BCUT2D eigenvalue weighted by Crippen LogP contribution is 2.53. The maximum atomic E-state index is 14.5. The van der Waals surface area contributed by atoms with E-state index in [2.05, 4.69) is 98.8 Å². The third-order valence-electron chi connectivity index (χ3n) is 9.91. The molecule has 206 valence electrons. The van der Waals surface area contributed by atoms with Crippen molar-refractivity contribution in [2.24, 2.45) is 0 Å². The normalized spacial score (nSPS) is 13.3. The number of fused-ring (bicyclic) bond motifs is 3. The van der Waals surface area contributed by atoms with Gasteiger partial charge in [-0.25, -0.2) is 0 Å². The summed E-state index contributed by atoms with van der Waals surface area (Å²) in [4.78, 5) is 29.1. The van der Waals surface area contributed by atoms with Gasteiger partial charge in [-0.05, 0) is 101 Å². The van der Waals surface area contributed by atoms with Crippen LogP contribution in [0.4, 0.5) is 0 Å². The molecule has 9 rings (SSSR count). The summed E-state index contributed by atoms with van der Waals surface area (Å²) in [6.45, 7) is 4.20. The van der Waals surface area contributed by atoms with E-state index in [0.29, 0.717) is 10.8 Å². The number of hydrogen-bond acceptors (Lipinski definition) is 2. The second-order valence-corrected chi connectivity index (χ2v) is 12.1. The van der Waals surface area contributed by atoms with E-state index < -0.39 is 0 Å². The van der Waals surface area contributed by atoms with Crippen LogP contribution in [0.15, 0.2) is 107 Å². The summed E-state index contributed by atoms with van der Waals surface area (Å²) in [5, 5.41) is 12.4. The number of nitrogens with zero attached hydrogens (tertiary/aromatic N) is 1. The van der Waals surface area contributed by atoms with Crippen LogP contribution in [-0.4, -0.2) is 4.57 Å². The highest BCUT2D eigenvalue weighted by atomic mass is 16.2. The summed E-state index contributed by atoms with van der Waals surface area (Å²) in [5.41, 5.74) is 4.11. The van der Waals surface area contributed by atoms with Gasteiger partial charge in [0.2, 0.25) is 0 Å². The Morgan fingerprint density at radius 2 is 1.00 bits per heavy atom. The van der Waals surface area contributed by atoms with Crippen LogP contribution in [0.25, 0.3) is 86.9 Å². The minimum absolute atomic E-state index is 0.115. The monoisotopic (exact) mass is 555 g/mol. The summed E-state index contributed by atoms with van der Waals surface area (Å²) in [6.07, 6.45) is 2.47. The summed E-state index contributed by atoms with van der Waals surface area (Å²) >= 11 is 0. The third-order valence-corrected chi connectivity index (χ3v) is 9.91. The summed E-state index contributed by atoms with van der Waals surface area (Å²) in [5.74, 6) is 0. The molecule has 0 radical (unpaired) electrons. The Labute approximate surface area is 248 Å². The van der Waals surface area contributed by atoms with Gasteiger partial charge >= 0.3 is 0 Å². The first-order chi connectivity index (χ1) is 21.1. The fourth-order valence-electron chi connectivity index (χ4n) is 8.10. The molecule has 1 heterocycles. The molecule has 0 saturated carbocycles. The van der Waals surface area contributed by atoms with Crippen molar-refractivity contribution >= 4 is 64.6 Å². The molecule has 9 aromatic rings. The van der Waals surface area contributed by atoms with Crippen molar-refractivity contribution in [3.8, 4) is 22.3 Å². The van der Waals surface area contributed by atoms with E-state index in [1.807, 2.05) is 12.1 Å². The highest BCUT2D eigenvalue weighted by Gasteiger charge is 2.30. The van der Waals surface area contributed by atoms with Crippen LogP contribution in [0, 0.1) is 0 Å². The van der Waals surface area contributed by atoms with E-state index in [1.165, 1.54) is 32.3 Å². The molecule has 0 saturated heterocycles. The average molecular weight is 556 g/mol. The van der Waals surface area contributed by atoms with Crippen molar-refractivity contribution in [2.45, 2.75) is 39.2 Å². The molecular formula is C40H29NO2. The lowest BCUT2D eigenvalue weighted by atomic mass is 9.89. The van der Waals surface area contributed by atoms with Gasteiger partial charge in [-0.1, -0.05) is 105 Å². The highest BCUT2D eigenvalue weighted by molar-refractivity contribution is 6.50. The molecule has 0 aliphatic carbocycles. The Kier molecular flexibility index (Phi) is 5.00. The lowest BCUT2D eigenvalue weighted by Gasteiger charge is -2.13. The van der Waals surface area contributed by atoms with Crippen LogP contribution in [0.5, 0.6) is 0 Å². The number of hydrogen-bond donors (Lipinski definition) is 0. The molecule has 3 heteroatoms. The van der Waals surface area contributed by atoms with Gasteiger partial charge in [0.05, 0.1) is 10.8 Å². The quantitative estimate of drug-likeness (QED) is 0.192. The molecule has 0 spiro atoms. The minimum Gasteiger partial charge on any atom is -0.271 e. The molecule has 1 unspecified atom stereocenters. The van der Waals surface area contributed by atoms with Crippen molar-refractivity contribution in [2.75, 3.05) is 0 Å². The Morgan fingerprint density at radius 3 is 1.44 bits per heavy atom. The zero-order valence-electron chi connectivity index (χ0n) is 24.2. The Balaban J connectivity index is 1.61. The maximum absolute atomic E-state index is 14.5. The summed E-state index contributed by atoms with van der Waals surface area (Å²) in [6, 6.07) is 34.0. The van der Waals surface area contributed by atoms with Gasteiger partial charge in [0.1, 0.15) is 0 Å². The lowest BCUT2D eigenvalue weighted by molar-refractivity contribution is 0.433. The van der Waals surface area contributed by atoms with Crippen LogP contribution in [-0.2, 0) is 0 Å². The molecule has 8 aromatic carbocycles. The molecule has 3 nitrogen and oxygen atoms in total. The van der Waals surface area contributed by atoms with Crippen LogP contribution in [0.2, 0.25) is 0 Å². The second-order valence-electron chi connectivity index (χ2n) is 12.1. The fraction of sp³-hybridized carbons (Fsp3) is 0.150. The van der Waals surface area contributed by atoms with Gasteiger partial charge in [0.25, 0.3) is 11.1 Å². The summed E-state index contributed by atoms with van der Waals surface area (Å²) < 4.78 is 1.58. The molecule has 43 heavy (non-hydrogen) atoms. The fourth-order valence-corrected chi connectivity index (χ4v) is 8.10. The molecule has 0 aliphatic rings. The predicted molar refractivity (Wildman–Crippen MR) is 182 cm³/mol. The molecule has 0 fully saturated rings. The smallest absolute Gasteiger partial charge is 0.262 e. The van der Waals surface area contributed by atoms with Crippen LogP contribution < -0.4 is 11.1 Å². The van der Waals surface area contributed by atoms with Crippen LogP contribution in [0.1, 0.15) is 39.2 Å². The Hall–Kier alpha value is -5.02. The number of rotatable bonds is 6. The van der Waals surface area contributed by atoms with Gasteiger partial charge in [-0.2, -0.15) is 0 Å². The molecular weight excluding hydrogens is 526 g/mol. The Morgan fingerprint density at radius 1 is 0.535 bits per heavy atom. The van der Waals surface area contributed by atoms with Gasteiger partial charge in [0, 0.05) is 6.04 Å². The molecule has 1 aromatic heterocycles. The SMILES string of the molecule is CCCC(CC)n1c(=O)c2c3cc(-c4ccccc4)c4ccc5ccc6c(-c7ccccc7)cc(c2c1=O)c1c6c5c4c31. The zero-order valence-corrected chi connectivity index (χ0v) is 24.2. The van der Waals surface area contributed by atoms with E-state index in [1.54, 1.807) is 4.57 Å². The van der Waals surface area contributed by atoms with Gasteiger partial charge in [0.15, 0.2) is 0 Å². The molecule has 1 atom stereocenters. The van der Waals surface area contributed by atoms with Gasteiger partial charge in [-0.3, -0.25) is 14.2 Å². The first-order valence-electron chi connectivity index (χ1n) is 15.4.